The number of hydrogen-bond acceptors (Lipinski definition) is 2. The summed E-state index contributed by atoms with van der Waals surface area (Å²) in [5.74, 6) is 1.02. The van der Waals surface area contributed by atoms with Gasteiger partial charge >= 0.3 is 0 Å². The van der Waals surface area contributed by atoms with E-state index in [0.717, 1.165) is 17.9 Å². The van der Waals surface area contributed by atoms with Crippen LogP contribution >= 0.6 is 0 Å². The molecule has 0 aliphatic heterocycles. The minimum Gasteiger partial charge on any atom is -0.327 e. The Labute approximate surface area is 128 Å². The fourth-order valence-corrected chi connectivity index (χ4v) is 2.90. The smallest absolute Gasteiger partial charge is 0.126 e. The molecule has 116 valence electrons. The molecule has 2 rings (SSSR count). The van der Waals surface area contributed by atoms with E-state index in [0.29, 0.717) is 0 Å². The Hall–Kier alpha value is -1.35. The van der Waals surface area contributed by atoms with Crippen molar-refractivity contribution in [2.75, 3.05) is 0 Å². The van der Waals surface area contributed by atoms with E-state index >= 15 is 0 Å². The second kappa shape index (κ2) is 8.18. The summed E-state index contributed by atoms with van der Waals surface area (Å²) in [7, 11) is 0. The van der Waals surface area contributed by atoms with Crippen molar-refractivity contribution in [3.63, 3.8) is 0 Å². The van der Waals surface area contributed by atoms with Crippen molar-refractivity contribution in [1.82, 2.24) is 9.55 Å². The summed E-state index contributed by atoms with van der Waals surface area (Å²) in [4.78, 5) is 4.69. The molecule has 0 aliphatic carbocycles. The molecule has 1 heterocycles. The van der Waals surface area contributed by atoms with E-state index in [1.165, 1.54) is 50.5 Å². The Morgan fingerprint density at radius 1 is 1.05 bits per heavy atom. The molecule has 1 atom stereocenters. The highest BCUT2D eigenvalue weighted by Gasteiger charge is 2.12. The summed E-state index contributed by atoms with van der Waals surface area (Å²) in [5.41, 5.74) is 8.36. The lowest BCUT2D eigenvalue weighted by Crippen LogP contribution is -2.13. The van der Waals surface area contributed by atoms with Gasteiger partial charge in [-0.2, -0.15) is 0 Å². The Bertz CT molecular complexity index is 542. The number of rotatable bonds is 9. The zero-order chi connectivity index (χ0) is 15.1. The van der Waals surface area contributed by atoms with Crippen molar-refractivity contribution in [3.05, 3.63) is 30.1 Å². The lowest BCUT2D eigenvalue weighted by molar-refractivity contribution is 0.537. The van der Waals surface area contributed by atoms with Gasteiger partial charge in [0.05, 0.1) is 17.1 Å². The van der Waals surface area contributed by atoms with Crippen LogP contribution in [0, 0.1) is 0 Å². The molecule has 0 saturated heterocycles. The highest BCUT2D eigenvalue weighted by atomic mass is 15.1. The Balaban J connectivity index is 1.93. The van der Waals surface area contributed by atoms with Crippen molar-refractivity contribution in [3.8, 4) is 0 Å². The monoisotopic (exact) mass is 287 g/mol. The van der Waals surface area contributed by atoms with E-state index in [1.54, 1.807) is 0 Å². The van der Waals surface area contributed by atoms with Crippen LogP contribution in [0.1, 0.15) is 70.7 Å². The highest BCUT2D eigenvalue weighted by molar-refractivity contribution is 5.76. The van der Waals surface area contributed by atoms with Crippen LogP contribution in [0.5, 0.6) is 0 Å². The van der Waals surface area contributed by atoms with Gasteiger partial charge in [0.1, 0.15) is 5.82 Å². The van der Waals surface area contributed by atoms with Crippen LogP contribution in [0.25, 0.3) is 11.0 Å². The Morgan fingerprint density at radius 2 is 1.71 bits per heavy atom. The van der Waals surface area contributed by atoms with Gasteiger partial charge in [0, 0.05) is 6.54 Å². The van der Waals surface area contributed by atoms with Crippen LogP contribution < -0.4 is 5.73 Å². The maximum atomic E-state index is 6.08. The van der Waals surface area contributed by atoms with E-state index in [-0.39, 0.29) is 6.04 Å². The molecule has 1 aromatic heterocycles. The number of aromatic nitrogens is 2. The maximum Gasteiger partial charge on any atom is 0.126 e. The molecule has 0 saturated carbocycles. The van der Waals surface area contributed by atoms with E-state index in [1.807, 2.05) is 13.0 Å². The lowest BCUT2D eigenvalue weighted by atomic mass is 10.1. The predicted octanol–water partition coefficient (Wildman–Crippen LogP) is 4.81. The average molecular weight is 287 g/mol. The minimum atomic E-state index is -0.0121. The summed E-state index contributed by atoms with van der Waals surface area (Å²) in [6, 6.07) is 8.33. The zero-order valence-electron chi connectivity index (χ0n) is 13.5. The number of nitrogens with two attached hydrogens (primary N) is 1. The molecule has 3 heteroatoms. The van der Waals surface area contributed by atoms with Gasteiger partial charge in [-0.05, 0) is 25.5 Å². The van der Waals surface area contributed by atoms with Gasteiger partial charge in [0.2, 0.25) is 0 Å². The third-order valence-corrected chi connectivity index (χ3v) is 4.08. The van der Waals surface area contributed by atoms with Gasteiger partial charge in [-0.25, -0.2) is 4.98 Å². The Kier molecular flexibility index (Phi) is 6.24. The first kappa shape index (κ1) is 16.0. The highest BCUT2D eigenvalue weighted by Crippen LogP contribution is 2.20. The molecule has 0 fully saturated rings. The number of fused-ring (bicyclic) bond motifs is 1. The van der Waals surface area contributed by atoms with E-state index < -0.39 is 0 Å². The molecule has 0 radical (unpaired) electrons. The molecule has 3 nitrogen and oxygen atoms in total. The van der Waals surface area contributed by atoms with Gasteiger partial charge in [0.25, 0.3) is 0 Å². The molecule has 0 aliphatic rings. The molecule has 0 amide bonds. The van der Waals surface area contributed by atoms with Crippen LogP contribution in [0.2, 0.25) is 0 Å². The zero-order valence-corrected chi connectivity index (χ0v) is 13.5. The number of imidazole rings is 1. The maximum absolute atomic E-state index is 6.08. The van der Waals surface area contributed by atoms with Gasteiger partial charge in [-0.15, -0.1) is 0 Å². The predicted molar refractivity (Wildman–Crippen MR) is 90.3 cm³/mol. The fourth-order valence-electron chi connectivity index (χ4n) is 2.90. The molecule has 21 heavy (non-hydrogen) atoms. The molecular weight excluding hydrogens is 258 g/mol. The number of para-hydroxylation sites is 2. The normalized spacial score (nSPS) is 12.9. The van der Waals surface area contributed by atoms with Crippen molar-refractivity contribution in [1.29, 1.82) is 0 Å². The molecule has 0 bridgehead atoms. The first-order chi connectivity index (χ1) is 10.2. The first-order valence-electron chi connectivity index (χ1n) is 8.44. The van der Waals surface area contributed by atoms with Crippen LogP contribution in [-0.4, -0.2) is 9.55 Å². The van der Waals surface area contributed by atoms with Crippen molar-refractivity contribution >= 4 is 11.0 Å². The topological polar surface area (TPSA) is 43.8 Å². The molecule has 1 unspecified atom stereocenters. The summed E-state index contributed by atoms with van der Waals surface area (Å²) >= 11 is 0. The standard InChI is InChI=1S/C18H29N3/c1-3-4-5-6-7-8-11-14-21-17-13-10-9-12-16(17)20-18(21)15(2)19/h9-10,12-13,15H,3-8,11,14,19H2,1-2H3. The van der Waals surface area contributed by atoms with Crippen LogP contribution in [0.15, 0.2) is 24.3 Å². The Morgan fingerprint density at radius 3 is 2.43 bits per heavy atom. The second-order valence-electron chi connectivity index (χ2n) is 6.02. The van der Waals surface area contributed by atoms with Crippen LogP contribution in [0.4, 0.5) is 0 Å². The molecule has 2 N–H and O–H groups in total. The van der Waals surface area contributed by atoms with Gasteiger partial charge < -0.3 is 10.3 Å². The van der Waals surface area contributed by atoms with E-state index in [4.69, 9.17) is 5.73 Å². The van der Waals surface area contributed by atoms with Crippen molar-refractivity contribution < 1.29 is 0 Å². The molecule has 0 spiro atoms. The molecule has 2 aromatic rings. The lowest BCUT2D eigenvalue weighted by Gasteiger charge is -2.11. The van der Waals surface area contributed by atoms with E-state index in [2.05, 4.69) is 34.7 Å². The van der Waals surface area contributed by atoms with Crippen molar-refractivity contribution in [2.24, 2.45) is 5.73 Å². The SMILES string of the molecule is CCCCCCCCCn1c(C(C)N)nc2ccccc21. The summed E-state index contributed by atoms with van der Waals surface area (Å²) in [6.07, 6.45) is 9.31. The summed E-state index contributed by atoms with van der Waals surface area (Å²) in [6.45, 7) is 5.31. The quantitative estimate of drug-likeness (QED) is 0.673. The van der Waals surface area contributed by atoms with Gasteiger partial charge in [0.15, 0.2) is 0 Å². The van der Waals surface area contributed by atoms with Crippen LogP contribution in [-0.2, 0) is 6.54 Å². The number of benzene rings is 1. The first-order valence-corrected chi connectivity index (χ1v) is 8.44. The third-order valence-electron chi connectivity index (χ3n) is 4.08. The number of unbranched alkanes of at least 4 members (excludes halogenated alkanes) is 6. The number of nitrogens with zero attached hydrogens (tertiary/aromatic N) is 2. The third kappa shape index (κ3) is 4.31. The number of hydrogen-bond donors (Lipinski definition) is 1. The second-order valence-corrected chi connectivity index (χ2v) is 6.02. The van der Waals surface area contributed by atoms with E-state index in [9.17, 15) is 0 Å². The minimum absolute atomic E-state index is 0.0121. The van der Waals surface area contributed by atoms with Gasteiger partial charge in [-0.3, -0.25) is 0 Å². The largest absolute Gasteiger partial charge is 0.327 e. The summed E-state index contributed by atoms with van der Waals surface area (Å²) < 4.78 is 2.31. The molecule has 1 aromatic carbocycles. The van der Waals surface area contributed by atoms with Crippen LogP contribution in [0.3, 0.4) is 0 Å². The summed E-state index contributed by atoms with van der Waals surface area (Å²) in [5, 5.41) is 0. The molecular formula is C18H29N3. The number of aryl methyl sites for hydroxylation is 1. The van der Waals surface area contributed by atoms with Gasteiger partial charge in [-0.1, -0.05) is 57.6 Å². The van der Waals surface area contributed by atoms with Crippen molar-refractivity contribution in [2.45, 2.75) is 71.4 Å². The average Bonchev–Trinajstić information content (AvgIpc) is 2.85. The fraction of sp³-hybridized carbons (Fsp3) is 0.611.